The zero-order valence-corrected chi connectivity index (χ0v) is 16.8. The zero-order chi connectivity index (χ0) is 21.1. The van der Waals surface area contributed by atoms with Crippen LogP contribution in [0.2, 0.25) is 0 Å². The lowest BCUT2D eigenvalue weighted by Crippen LogP contribution is -2.57. The average molecular weight is 403 g/mol. The first-order valence-corrected chi connectivity index (χ1v) is 10.3. The molecule has 1 saturated carbocycles. The Kier molecular flexibility index (Phi) is 5.51. The van der Waals surface area contributed by atoms with Gasteiger partial charge < -0.3 is 16.4 Å². The number of nitriles is 1. The van der Waals surface area contributed by atoms with Gasteiger partial charge in [-0.3, -0.25) is 14.6 Å². The molecule has 1 aromatic carbocycles. The summed E-state index contributed by atoms with van der Waals surface area (Å²) in [5, 5.41) is 15.1. The summed E-state index contributed by atoms with van der Waals surface area (Å²) in [6, 6.07) is 11.3. The molecule has 1 fully saturated rings. The molecule has 2 heterocycles. The van der Waals surface area contributed by atoms with Gasteiger partial charge in [-0.25, -0.2) is 0 Å². The molecule has 154 valence electrons. The molecule has 1 aliphatic heterocycles. The molecule has 1 atom stereocenters. The number of carbonyl (C=O) groups is 2. The number of carbonyl (C=O) groups excluding carboxylic acids is 2. The summed E-state index contributed by atoms with van der Waals surface area (Å²) in [7, 11) is 0. The third-order valence-electron chi connectivity index (χ3n) is 6.01. The number of aromatic nitrogens is 1. The lowest BCUT2D eigenvalue weighted by Gasteiger charge is -2.32. The zero-order valence-electron chi connectivity index (χ0n) is 16.8. The van der Waals surface area contributed by atoms with Crippen LogP contribution in [0.4, 0.5) is 0 Å². The number of hydrogen-bond acceptors (Lipinski definition) is 5. The molecular formula is C23H25N5O2. The van der Waals surface area contributed by atoms with Gasteiger partial charge in [0.25, 0.3) is 5.91 Å². The van der Waals surface area contributed by atoms with Crippen LogP contribution in [0.3, 0.4) is 0 Å². The topological polar surface area (TPSA) is 121 Å². The van der Waals surface area contributed by atoms with Crippen molar-refractivity contribution in [3.8, 4) is 17.2 Å². The van der Waals surface area contributed by atoms with Crippen LogP contribution >= 0.6 is 0 Å². The van der Waals surface area contributed by atoms with Crippen molar-refractivity contribution in [1.82, 2.24) is 15.6 Å². The maximum Gasteiger partial charge on any atom is 0.270 e. The van der Waals surface area contributed by atoms with Gasteiger partial charge in [-0.15, -0.1) is 0 Å². The SMILES string of the molecule is N#C[C@H](Cc1ccc(-c2cnc3c(c2)CNC3=O)cc1)NC(=O)C1(N)CCCCC1. The van der Waals surface area contributed by atoms with E-state index in [-0.39, 0.29) is 11.8 Å². The Morgan fingerprint density at radius 2 is 1.97 bits per heavy atom. The number of nitrogens with zero attached hydrogens (tertiary/aromatic N) is 2. The monoisotopic (exact) mass is 403 g/mol. The minimum atomic E-state index is -0.853. The van der Waals surface area contributed by atoms with Gasteiger partial charge in [0.2, 0.25) is 5.91 Å². The van der Waals surface area contributed by atoms with Gasteiger partial charge in [-0.1, -0.05) is 43.5 Å². The van der Waals surface area contributed by atoms with E-state index in [0.717, 1.165) is 41.5 Å². The van der Waals surface area contributed by atoms with Crippen LogP contribution in [0.25, 0.3) is 11.1 Å². The highest BCUT2D eigenvalue weighted by Crippen LogP contribution is 2.27. The van der Waals surface area contributed by atoms with Gasteiger partial charge in [0.15, 0.2) is 0 Å². The third-order valence-corrected chi connectivity index (χ3v) is 6.01. The normalized spacial score (nSPS) is 18.1. The maximum absolute atomic E-state index is 12.6. The number of rotatable bonds is 5. The molecule has 1 aromatic heterocycles. The second kappa shape index (κ2) is 8.25. The molecule has 0 radical (unpaired) electrons. The van der Waals surface area contributed by atoms with Crippen LogP contribution in [0.15, 0.2) is 36.5 Å². The van der Waals surface area contributed by atoms with E-state index in [1.54, 1.807) is 6.20 Å². The molecule has 0 bridgehead atoms. The first-order chi connectivity index (χ1) is 14.5. The van der Waals surface area contributed by atoms with Gasteiger partial charge in [-0.05, 0) is 30.0 Å². The number of nitrogens with two attached hydrogens (primary N) is 1. The first kappa shape index (κ1) is 20.0. The fourth-order valence-corrected chi connectivity index (χ4v) is 4.18. The Morgan fingerprint density at radius 1 is 1.23 bits per heavy atom. The number of hydrogen-bond donors (Lipinski definition) is 3. The van der Waals surface area contributed by atoms with E-state index in [1.807, 2.05) is 30.3 Å². The van der Waals surface area contributed by atoms with Crippen molar-refractivity contribution in [2.45, 2.75) is 56.7 Å². The maximum atomic E-state index is 12.6. The second-order valence-corrected chi connectivity index (χ2v) is 8.19. The largest absolute Gasteiger partial charge is 0.347 e. The van der Waals surface area contributed by atoms with E-state index in [9.17, 15) is 14.9 Å². The molecule has 0 spiro atoms. The van der Waals surface area contributed by atoms with E-state index >= 15 is 0 Å². The number of benzene rings is 1. The molecular weight excluding hydrogens is 378 g/mol. The van der Waals surface area contributed by atoms with Crippen LogP contribution in [-0.4, -0.2) is 28.4 Å². The van der Waals surface area contributed by atoms with Crippen LogP contribution < -0.4 is 16.4 Å². The number of pyridine rings is 1. The fraction of sp³-hybridized carbons (Fsp3) is 0.391. The van der Waals surface area contributed by atoms with Crippen LogP contribution in [-0.2, 0) is 17.8 Å². The number of fused-ring (bicyclic) bond motifs is 1. The molecule has 4 rings (SSSR count). The molecule has 4 N–H and O–H groups in total. The minimum absolute atomic E-state index is 0.135. The molecule has 30 heavy (non-hydrogen) atoms. The number of amides is 2. The fourth-order valence-electron chi connectivity index (χ4n) is 4.18. The molecule has 0 unspecified atom stereocenters. The van der Waals surface area contributed by atoms with Crippen molar-refractivity contribution in [2.75, 3.05) is 0 Å². The van der Waals surface area contributed by atoms with Crippen molar-refractivity contribution >= 4 is 11.8 Å². The van der Waals surface area contributed by atoms with Crippen molar-refractivity contribution in [1.29, 1.82) is 5.26 Å². The van der Waals surface area contributed by atoms with Gasteiger partial charge in [0.05, 0.1) is 11.6 Å². The van der Waals surface area contributed by atoms with Crippen molar-refractivity contribution in [3.05, 3.63) is 53.3 Å². The summed E-state index contributed by atoms with van der Waals surface area (Å²) in [6.07, 6.45) is 6.45. The summed E-state index contributed by atoms with van der Waals surface area (Å²) in [4.78, 5) is 28.5. The molecule has 2 aliphatic rings. The van der Waals surface area contributed by atoms with Gasteiger partial charge in [0.1, 0.15) is 11.7 Å². The molecule has 1 aliphatic carbocycles. The van der Waals surface area contributed by atoms with E-state index in [2.05, 4.69) is 21.7 Å². The highest BCUT2D eigenvalue weighted by molar-refractivity contribution is 5.96. The van der Waals surface area contributed by atoms with Crippen LogP contribution in [0.5, 0.6) is 0 Å². The van der Waals surface area contributed by atoms with Crippen molar-refractivity contribution in [3.63, 3.8) is 0 Å². The van der Waals surface area contributed by atoms with Crippen LogP contribution in [0.1, 0.15) is 53.7 Å². The molecule has 7 heteroatoms. The Morgan fingerprint density at radius 3 is 2.67 bits per heavy atom. The number of nitrogens with one attached hydrogen (secondary N) is 2. The Labute approximate surface area is 175 Å². The highest BCUT2D eigenvalue weighted by atomic mass is 16.2. The molecule has 0 saturated heterocycles. The Balaban J connectivity index is 1.42. The average Bonchev–Trinajstić information content (AvgIpc) is 3.14. The van der Waals surface area contributed by atoms with Gasteiger partial charge >= 0.3 is 0 Å². The summed E-state index contributed by atoms with van der Waals surface area (Å²) in [6.45, 7) is 0.499. The van der Waals surface area contributed by atoms with Crippen molar-refractivity contribution < 1.29 is 9.59 Å². The summed E-state index contributed by atoms with van der Waals surface area (Å²) < 4.78 is 0. The lowest BCUT2D eigenvalue weighted by atomic mass is 9.81. The van der Waals surface area contributed by atoms with Crippen molar-refractivity contribution in [2.24, 2.45) is 5.73 Å². The highest BCUT2D eigenvalue weighted by Gasteiger charge is 2.36. The molecule has 7 nitrogen and oxygen atoms in total. The van der Waals surface area contributed by atoms with Crippen LogP contribution in [0, 0.1) is 11.3 Å². The summed E-state index contributed by atoms with van der Waals surface area (Å²) in [5.74, 6) is -0.360. The quantitative estimate of drug-likeness (QED) is 0.707. The third kappa shape index (κ3) is 4.05. The van der Waals surface area contributed by atoms with Gasteiger partial charge in [-0.2, -0.15) is 5.26 Å². The predicted octanol–water partition coefficient (Wildman–Crippen LogP) is 2.20. The summed E-state index contributed by atoms with van der Waals surface area (Å²) >= 11 is 0. The van der Waals surface area contributed by atoms with E-state index < -0.39 is 11.6 Å². The van der Waals surface area contributed by atoms with Gasteiger partial charge in [0, 0.05) is 30.3 Å². The molecule has 2 aromatic rings. The Hall–Kier alpha value is -3.24. The summed E-state index contributed by atoms with van der Waals surface area (Å²) in [5.41, 5.74) is 9.67. The smallest absolute Gasteiger partial charge is 0.270 e. The van der Waals surface area contributed by atoms with E-state index in [1.165, 1.54) is 0 Å². The van der Waals surface area contributed by atoms with E-state index in [0.29, 0.717) is 31.5 Å². The first-order valence-electron chi connectivity index (χ1n) is 10.3. The predicted molar refractivity (Wildman–Crippen MR) is 112 cm³/mol. The minimum Gasteiger partial charge on any atom is -0.347 e. The Bertz CT molecular complexity index is 1000. The second-order valence-electron chi connectivity index (χ2n) is 8.19. The lowest BCUT2D eigenvalue weighted by molar-refractivity contribution is -0.127. The van der Waals surface area contributed by atoms with E-state index in [4.69, 9.17) is 5.73 Å². The molecule has 2 amide bonds. The standard InChI is InChI=1S/C23H25N5O2/c24-12-19(28-22(30)23(25)8-2-1-3-9-23)10-15-4-6-16(7-5-15)17-11-18-14-27-21(29)20(18)26-13-17/h4-7,11,13,19H,1-3,8-10,14,25H2,(H,27,29)(H,28,30)/t19-/m0/s1.